The molecular weight excluding hydrogens is 438 g/mol. The molecule has 34 heavy (non-hydrogen) atoms. The quantitative estimate of drug-likeness (QED) is 0.480. The summed E-state index contributed by atoms with van der Waals surface area (Å²) in [6.07, 6.45) is -0.473. The number of hydrogen-bond donors (Lipinski definition) is 4. The number of carbonyl (C=O) groups excluding carboxylic acids is 3. The van der Waals surface area contributed by atoms with Crippen LogP contribution in [0.25, 0.3) is 0 Å². The van der Waals surface area contributed by atoms with Gasteiger partial charge in [0.25, 0.3) is 5.91 Å². The minimum absolute atomic E-state index is 0.0138. The average molecular weight is 478 g/mol. The van der Waals surface area contributed by atoms with Crippen molar-refractivity contribution in [1.82, 2.24) is 20.4 Å². The van der Waals surface area contributed by atoms with Gasteiger partial charge >= 0.3 is 12.1 Å². The number of aliphatic hydroxyl groups is 1. The molecular formula is C24H39N5O5. The molecule has 0 saturated heterocycles. The monoisotopic (exact) mass is 477 g/mol. The molecule has 0 spiro atoms. The Morgan fingerprint density at radius 1 is 1.18 bits per heavy atom. The summed E-state index contributed by atoms with van der Waals surface area (Å²) in [5.74, 6) is -0.214. The Labute approximate surface area is 202 Å². The van der Waals surface area contributed by atoms with Gasteiger partial charge in [-0.1, -0.05) is 13.0 Å². The predicted octanol–water partition coefficient (Wildman–Crippen LogP) is 2.49. The second-order valence-electron chi connectivity index (χ2n) is 9.54. The van der Waals surface area contributed by atoms with E-state index in [1.54, 1.807) is 42.0 Å². The van der Waals surface area contributed by atoms with Crippen molar-refractivity contribution in [2.45, 2.75) is 65.8 Å². The maximum Gasteiger partial charge on any atom is 0.319 e. The van der Waals surface area contributed by atoms with Crippen LogP contribution < -0.4 is 20.7 Å². The third-order valence-corrected chi connectivity index (χ3v) is 5.57. The van der Waals surface area contributed by atoms with Gasteiger partial charge in [0.1, 0.15) is 6.10 Å². The molecule has 0 radical (unpaired) electrons. The van der Waals surface area contributed by atoms with Crippen LogP contribution in [0.15, 0.2) is 18.2 Å². The Balaban J connectivity index is 2.47. The molecule has 0 bridgehead atoms. The number of fused-ring (bicyclic) bond motifs is 1. The summed E-state index contributed by atoms with van der Waals surface area (Å²) in [6, 6.07) is 3.84. The van der Waals surface area contributed by atoms with Gasteiger partial charge in [-0.2, -0.15) is 0 Å². The van der Waals surface area contributed by atoms with Gasteiger partial charge in [-0.05, 0) is 46.8 Å². The lowest BCUT2D eigenvalue weighted by atomic mass is 9.99. The van der Waals surface area contributed by atoms with E-state index in [0.717, 1.165) is 0 Å². The number of nitrogens with one attached hydrogen (secondary N) is 3. The SMILES string of the molecule is CC(C)NC(=O)Nc1cccc2c1O[C@H](CN(C)C(=O)NC(C)C)[C@@H](C)CN([C@H](C)CO)C2=O. The molecule has 0 fully saturated rings. The molecule has 190 valence electrons. The fourth-order valence-electron chi connectivity index (χ4n) is 3.69. The van der Waals surface area contributed by atoms with Crippen molar-refractivity contribution in [2.24, 2.45) is 5.92 Å². The first-order valence-electron chi connectivity index (χ1n) is 11.7. The second kappa shape index (κ2) is 11.9. The lowest BCUT2D eigenvalue weighted by molar-refractivity contribution is 0.0368. The number of hydrogen-bond acceptors (Lipinski definition) is 5. The molecule has 2 rings (SSSR count). The maximum atomic E-state index is 13.4. The number of ether oxygens (including phenoxy) is 1. The number of rotatable bonds is 7. The number of urea groups is 2. The molecule has 0 aromatic heterocycles. The third kappa shape index (κ3) is 6.99. The van der Waals surface area contributed by atoms with E-state index >= 15 is 0 Å². The fourth-order valence-corrected chi connectivity index (χ4v) is 3.69. The van der Waals surface area contributed by atoms with Crippen LogP contribution in [0.3, 0.4) is 0 Å². The van der Waals surface area contributed by atoms with Crippen molar-refractivity contribution in [1.29, 1.82) is 0 Å². The minimum atomic E-state index is -0.473. The molecule has 0 aliphatic carbocycles. The summed E-state index contributed by atoms with van der Waals surface area (Å²) in [6.45, 7) is 11.6. The van der Waals surface area contributed by atoms with Gasteiger partial charge < -0.3 is 35.6 Å². The Hall–Kier alpha value is -3.01. The molecule has 5 amide bonds. The molecule has 1 aromatic rings. The van der Waals surface area contributed by atoms with E-state index in [9.17, 15) is 19.5 Å². The number of para-hydroxylation sites is 1. The van der Waals surface area contributed by atoms with E-state index in [4.69, 9.17) is 4.74 Å². The van der Waals surface area contributed by atoms with Gasteiger partial charge in [0.05, 0.1) is 30.4 Å². The minimum Gasteiger partial charge on any atom is -0.485 e. The normalized spacial score (nSPS) is 19.0. The fraction of sp³-hybridized carbons (Fsp3) is 0.625. The Morgan fingerprint density at radius 2 is 1.82 bits per heavy atom. The number of nitrogens with zero attached hydrogens (tertiary/aromatic N) is 2. The molecule has 10 nitrogen and oxygen atoms in total. The van der Waals surface area contributed by atoms with Crippen molar-refractivity contribution in [3.63, 3.8) is 0 Å². The molecule has 1 aromatic carbocycles. The lowest BCUT2D eigenvalue weighted by Crippen LogP contribution is -2.51. The van der Waals surface area contributed by atoms with E-state index in [1.807, 2.05) is 34.6 Å². The average Bonchev–Trinajstić information content (AvgIpc) is 2.74. The number of aliphatic hydroxyl groups excluding tert-OH is 1. The van der Waals surface area contributed by atoms with Crippen LogP contribution in [0.1, 0.15) is 51.9 Å². The highest BCUT2D eigenvalue weighted by Crippen LogP contribution is 2.35. The van der Waals surface area contributed by atoms with Crippen molar-refractivity contribution in [3.05, 3.63) is 23.8 Å². The first kappa shape index (κ1) is 27.2. The van der Waals surface area contributed by atoms with Crippen molar-refractivity contribution in [3.8, 4) is 5.75 Å². The molecule has 3 atom stereocenters. The molecule has 1 aliphatic heterocycles. The van der Waals surface area contributed by atoms with Gasteiger partial charge in [-0.3, -0.25) is 4.79 Å². The lowest BCUT2D eigenvalue weighted by Gasteiger charge is -2.38. The summed E-state index contributed by atoms with van der Waals surface area (Å²) >= 11 is 0. The zero-order valence-electron chi connectivity index (χ0n) is 21.2. The second-order valence-corrected chi connectivity index (χ2v) is 9.54. The van der Waals surface area contributed by atoms with Gasteiger partial charge in [0.2, 0.25) is 0 Å². The standard InChI is InChI=1S/C24H39N5O5/c1-14(2)25-23(32)27-19-10-8-9-18-21(19)34-20(12-28(7)24(33)26-15(3)4)16(5)11-29(22(18)31)17(6)13-30/h8-10,14-17,20,30H,11-13H2,1-7H3,(H,26,33)(H2,25,27,32)/t16-,17+,20+/m0/s1. The molecule has 1 aliphatic rings. The van der Waals surface area contributed by atoms with Crippen LogP contribution in [0.5, 0.6) is 5.75 Å². The molecule has 4 N–H and O–H groups in total. The van der Waals surface area contributed by atoms with Crippen LogP contribution in [0, 0.1) is 5.92 Å². The Morgan fingerprint density at radius 3 is 2.41 bits per heavy atom. The number of anilines is 1. The smallest absolute Gasteiger partial charge is 0.319 e. The van der Waals surface area contributed by atoms with Gasteiger partial charge in [-0.25, -0.2) is 9.59 Å². The molecule has 1 heterocycles. The molecule has 0 saturated carbocycles. The highest BCUT2D eigenvalue weighted by atomic mass is 16.5. The zero-order valence-corrected chi connectivity index (χ0v) is 21.2. The third-order valence-electron chi connectivity index (χ3n) is 5.57. The Kier molecular flexibility index (Phi) is 9.55. The number of carbonyl (C=O) groups is 3. The van der Waals surface area contributed by atoms with Crippen molar-refractivity contribution < 1.29 is 24.2 Å². The first-order valence-corrected chi connectivity index (χ1v) is 11.7. The van der Waals surface area contributed by atoms with E-state index in [1.165, 1.54) is 0 Å². The van der Waals surface area contributed by atoms with Crippen LogP contribution in [0.4, 0.5) is 15.3 Å². The molecule has 10 heteroatoms. The summed E-state index contributed by atoms with van der Waals surface area (Å²) in [7, 11) is 1.69. The van der Waals surface area contributed by atoms with Gasteiger partial charge in [-0.15, -0.1) is 0 Å². The van der Waals surface area contributed by atoms with E-state index < -0.39 is 18.2 Å². The number of benzene rings is 1. The van der Waals surface area contributed by atoms with Crippen LogP contribution in [-0.2, 0) is 0 Å². The predicted molar refractivity (Wildman–Crippen MR) is 131 cm³/mol. The van der Waals surface area contributed by atoms with E-state index in [-0.39, 0.29) is 54.4 Å². The largest absolute Gasteiger partial charge is 0.485 e. The van der Waals surface area contributed by atoms with E-state index in [2.05, 4.69) is 16.0 Å². The number of amides is 5. The summed E-state index contributed by atoms with van der Waals surface area (Å²) in [5.41, 5.74) is 0.641. The molecule has 0 unspecified atom stereocenters. The van der Waals surface area contributed by atoms with Crippen LogP contribution in [0.2, 0.25) is 0 Å². The highest BCUT2D eigenvalue weighted by molar-refractivity contribution is 6.01. The summed E-state index contributed by atoms with van der Waals surface area (Å²) in [5, 5.41) is 18.2. The van der Waals surface area contributed by atoms with Crippen LogP contribution in [-0.4, -0.2) is 83.8 Å². The summed E-state index contributed by atoms with van der Waals surface area (Å²) < 4.78 is 6.37. The van der Waals surface area contributed by atoms with Crippen LogP contribution >= 0.6 is 0 Å². The van der Waals surface area contributed by atoms with E-state index in [0.29, 0.717) is 12.2 Å². The van der Waals surface area contributed by atoms with Gasteiger partial charge in [0.15, 0.2) is 5.75 Å². The summed E-state index contributed by atoms with van der Waals surface area (Å²) in [4.78, 5) is 41.5. The van der Waals surface area contributed by atoms with Gasteiger partial charge in [0, 0.05) is 31.6 Å². The highest BCUT2D eigenvalue weighted by Gasteiger charge is 2.35. The maximum absolute atomic E-state index is 13.4. The Bertz CT molecular complexity index is 875. The zero-order chi connectivity index (χ0) is 25.6. The van der Waals surface area contributed by atoms with Crippen molar-refractivity contribution >= 4 is 23.7 Å². The number of likely N-dealkylation sites (N-methyl/N-ethyl adjacent to an activating group) is 1. The van der Waals surface area contributed by atoms with Crippen molar-refractivity contribution in [2.75, 3.05) is 32.1 Å². The topological polar surface area (TPSA) is 123 Å². The first-order chi connectivity index (χ1) is 15.9.